The lowest BCUT2D eigenvalue weighted by atomic mass is 10.4. The van der Waals surface area contributed by atoms with Crippen molar-refractivity contribution in [3.8, 4) is 0 Å². The molecule has 0 saturated heterocycles. The number of nitrogens with zero attached hydrogens (tertiary/aromatic N) is 2. The second-order valence-corrected chi connectivity index (χ2v) is 3.54. The predicted octanol–water partition coefficient (Wildman–Crippen LogP) is 1.84. The molecule has 0 amide bonds. The van der Waals surface area contributed by atoms with Gasteiger partial charge in [0, 0.05) is 31.4 Å². The first-order valence-electron chi connectivity index (χ1n) is 4.99. The molecule has 0 unspecified atom stereocenters. The SMILES string of the molecule is Cc1cnc(NCCCOCCCl)nc1. The van der Waals surface area contributed by atoms with E-state index >= 15 is 0 Å². The Labute approximate surface area is 95.0 Å². The third-order valence-electron chi connectivity index (χ3n) is 1.75. The molecule has 5 heteroatoms. The van der Waals surface area contributed by atoms with Crippen LogP contribution >= 0.6 is 11.6 Å². The van der Waals surface area contributed by atoms with Gasteiger partial charge in [0.2, 0.25) is 5.95 Å². The summed E-state index contributed by atoms with van der Waals surface area (Å²) in [4.78, 5) is 8.26. The summed E-state index contributed by atoms with van der Waals surface area (Å²) in [5.74, 6) is 1.21. The Balaban J connectivity index is 2.07. The smallest absolute Gasteiger partial charge is 0.222 e. The zero-order valence-electron chi connectivity index (χ0n) is 8.87. The average molecular weight is 230 g/mol. The maximum atomic E-state index is 5.46. The van der Waals surface area contributed by atoms with E-state index in [0.717, 1.165) is 18.5 Å². The number of rotatable bonds is 7. The van der Waals surface area contributed by atoms with Crippen LogP contribution in [0.1, 0.15) is 12.0 Å². The van der Waals surface area contributed by atoms with E-state index in [-0.39, 0.29) is 0 Å². The Bertz CT molecular complexity index is 266. The number of aromatic nitrogens is 2. The van der Waals surface area contributed by atoms with Gasteiger partial charge in [-0.15, -0.1) is 11.6 Å². The largest absolute Gasteiger partial charge is 0.380 e. The molecule has 1 N–H and O–H groups in total. The van der Waals surface area contributed by atoms with Gasteiger partial charge in [-0.1, -0.05) is 0 Å². The van der Waals surface area contributed by atoms with Gasteiger partial charge >= 0.3 is 0 Å². The Morgan fingerprint density at radius 2 is 2.07 bits per heavy atom. The summed E-state index contributed by atoms with van der Waals surface area (Å²) in [6.45, 7) is 4.10. The molecular formula is C10H16ClN3O. The summed E-state index contributed by atoms with van der Waals surface area (Å²) >= 11 is 5.46. The van der Waals surface area contributed by atoms with Crippen LogP contribution in [0.15, 0.2) is 12.4 Å². The maximum Gasteiger partial charge on any atom is 0.222 e. The molecule has 1 heterocycles. The van der Waals surface area contributed by atoms with Gasteiger partial charge in [-0.25, -0.2) is 9.97 Å². The molecule has 1 aromatic rings. The molecule has 84 valence electrons. The highest BCUT2D eigenvalue weighted by Gasteiger charge is 1.94. The third-order valence-corrected chi connectivity index (χ3v) is 1.91. The second-order valence-electron chi connectivity index (χ2n) is 3.17. The highest BCUT2D eigenvalue weighted by molar-refractivity contribution is 6.17. The van der Waals surface area contributed by atoms with Crippen LogP contribution in [0.5, 0.6) is 0 Å². The van der Waals surface area contributed by atoms with Crippen molar-refractivity contribution in [2.24, 2.45) is 0 Å². The molecular weight excluding hydrogens is 214 g/mol. The summed E-state index contributed by atoms with van der Waals surface area (Å²) in [5.41, 5.74) is 1.06. The van der Waals surface area contributed by atoms with Gasteiger partial charge in [0.15, 0.2) is 0 Å². The van der Waals surface area contributed by atoms with Crippen LogP contribution in [0.4, 0.5) is 5.95 Å². The first kappa shape index (κ1) is 12.2. The normalized spacial score (nSPS) is 10.3. The number of alkyl halides is 1. The van der Waals surface area contributed by atoms with Gasteiger partial charge in [0.25, 0.3) is 0 Å². The zero-order valence-corrected chi connectivity index (χ0v) is 9.63. The number of nitrogens with one attached hydrogen (secondary N) is 1. The molecule has 0 spiro atoms. The molecule has 0 saturated carbocycles. The number of halogens is 1. The van der Waals surface area contributed by atoms with E-state index in [1.54, 1.807) is 12.4 Å². The fourth-order valence-electron chi connectivity index (χ4n) is 1.01. The lowest BCUT2D eigenvalue weighted by Crippen LogP contribution is -2.08. The molecule has 0 aromatic carbocycles. The van der Waals surface area contributed by atoms with Crippen molar-refractivity contribution in [3.63, 3.8) is 0 Å². The van der Waals surface area contributed by atoms with Crippen LogP contribution in [0, 0.1) is 6.92 Å². The van der Waals surface area contributed by atoms with Crippen LogP contribution in [0.25, 0.3) is 0 Å². The Morgan fingerprint density at radius 1 is 1.33 bits per heavy atom. The van der Waals surface area contributed by atoms with Gasteiger partial charge in [-0.05, 0) is 18.9 Å². The molecule has 1 aromatic heterocycles. The van der Waals surface area contributed by atoms with Crippen molar-refractivity contribution in [3.05, 3.63) is 18.0 Å². The molecule has 0 bridgehead atoms. The highest BCUT2D eigenvalue weighted by atomic mass is 35.5. The van der Waals surface area contributed by atoms with E-state index < -0.39 is 0 Å². The minimum Gasteiger partial charge on any atom is -0.380 e. The Morgan fingerprint density at radius 3 is 2.73 bits per heavy atom. The molecule has 0 atom stereocenters. The van der Waals surface area contributed by atoms with E-state index in [1.165, 1.54) is 0 Å². The van der Waals surface area contributed by atoms with Gasteiger partial charge < -0.3 is 10.1 Å². The molecule has 4 nitrogen and oxygen atoms in total. The Hall–Kier alpha value is -0.870. The average Bonchev–Trinajstić information content (AvgIpc) is 2.26. The molecule has 0 aliphatic rings. The fourth-order valence-corrected chi connectivity index (χ4v) is 1.12. The van der Waals surface area contributed by atoms with Crippen LogP contribution in [0.3, 0.4) is 0 Å². The van der Waals surface area contributed by atoms with Gasteiger partial charge in [0.1, 0.15) is 0 Å². The third kappa shape index (κ3) is 5.54. The van der Waals surface area contributed by atoms with Crippen molar-refractivity contribution in [2.75, 3.05) is 31.0 Å². The maximum absolute atomic E-state index is 5.46. The standard InChI is InChI=1S/C10H16ClN3O/c1-9-7-13-10(14-8-9)12-4-2-5-15-6-3-11/h7-8H,2-6H2,1H3,(H,12,13,14). The molecule has 15 heavy (non-hydrogen) atoms. The lowest BCUT2D eigenvalue weighted by Gasteiger charge is -2.04. The van der Waals surface area contributed by atoms with Crippen molar-refractivity contribution in [2.45, 2.75) is 13.3 Å². The molecule has 1 rings (SSSR count). The monoisotopic (exact) mass is 229 g/mol. The van der Waals surface area contributed by atoms with Crippen LogP contribution < -0.4 is 5.32 Å². The van der Waals surface area contributed by atoms with Crippen LogP contribution in [0.2, 0.25) is 0 Å². The summed E-state index contributed by atoms with van der Waals surface area (Å²) in [5, 5.41) is 3.11. The van der Waals surface area contributed by atoms with Crippen LogP contribution in [-0.2, 0) is 4.74 Å². The van der Waals surface area contributed by atoms with E-state index in [2.05, 4.69) is 15.3 Å². The summed E-state index contributed by atoms with van der Waals surface area (Å²) in [6, 6.07) is 0. The molecule has 0 radical (unpaired) electrons. The summed E-state index contributed by atoms with van der Waals surface area (Å²) in [6.07, 6.45) is 4.51. The number of hydrogen-bond acceptors (Lipinski definition) is 4. The summed E-state index contributed by atoms with van der Waals surface area (Å²) in [7, 11) is 0. The van der Waals surface area contributed by atoms with Crippen molar-refractivity contribution in [1.82, 2.24) is 9.97 Å². The first-order chi connectivity index (χ1) is 7.33. The Kier molecular flexibility index (Phi) is 6.04. The van der Waals surface area contributed by atoms with E-state index in [9.17, 15) is 0 Å². The lowest BCUT2D eigenvalue weighted by molar-refractivity contribution is 0.149. The number of anilines is 1. The molecule has 0 aliphatic heterocycles. The van der Waals surface area contributed by atoms with Crippen LogP contribution in [-0.4, -0.2) is 35.6 Å². The molecule has 0 aliphatic carbocycles. The van der Waals surface area contributed by atoms with Crippen molar-refractivity contribution < 1.29 is 4.74 Å². The van der Waals surface area contributed by atoms with Gasteiger partial charge in [-0.2, -0.15) is 0 Å². The number of hydrogen-bond donors (Lipinski definition) is 1. The first-order valence-corrected chi connectivity index (χ1v) is 5.52. The number of aryl methyl sites for hydroxylation is 1. The molecule has 0 fully saturated rings. The quantitative estimate of drug-likeness (QED) is 0.573. The van der Waals surface area contributed by atoms with Gasteiger partial charge in [0.05, 0.1) is 6.61 Å². The fraction of sp³-hybridized carbons (Fsp3) is 0.600. The minimum atomic E-state index is 0.550. The minimum absolute atomic E-state index is 0.550. The van der Waals surface area contributed by atoms with Gasteiger partial charge in [-0.3, -0.25) is 0 Å². The summed E-state index contributed by atoms with van der Waals surface area (Å²) < 4.78 is 5.23. The van der Waals surface area contributed by atoms with E-state index in [0.29, 0.717) is 25.0 Å². The second kappa shape index (κ2) is 7.43. The number of ether oxygens (including phenoxy) is 1. The van der Waals surface area contributed by atoms with E-state index in [1.807, 2.05) is 6.92 Å². The zero-order chi connectivity index (χ0) is 10.9. The topological polar surface area (TPSA) is 47.0 Å². The van der Waals surface area contributed by atoms with Crippen molar-refractivity contribution in [1.29, 1.82) is 0 Å². The van der Waals surface area contributed by atoms with E-state index in [4.69, 9.17) is 16.3 Å². The van der Waals surface area contributed by atoms with Crippen molar-refractivity contribution >= 4 is 17.5 Å². The predicted molar refractivity (Wildman–Crippen MR) is 61.4 cm³/mol. The highest BCUT2D eigenvalue weighted by Crippen LogP contribution is 1.98.